The first-order valence-electron chi connectivity index (χ1n) is 28.5. The second-order valence-electron chi connectivity index (χ2n) is 22.4. The monoisotopic (exact) mass is 1050 g/mol. The molecule has 0 spiro atoms. The van der Waals surface area contributed by atoms with E-state index in [1.807, 2.05) is 51.2 Å². The molecule has 4 aliphatic rings. The number of amides is 1. The molecule has 3 aliphatic heterocycles. The van der Waals surface area contributed by atoms with Crippen molar-refractivity contribution in [3.63, 3.8) is 0 Å². The molecule has 1 saturated carbocycles. The molecule has 0 aromatic heterocycles. The summed E-state index contributed by atoms with van der Waals surface area (Å²) in [6.07, 6.45) is 19.8. The largest absolute Gasteiger partial charge is 0.460 e. The van der Waals surface area contributed by atoms with Crippen LogP contribution < -0.4 is 0 Å². The third-order valence-corrected chi connectivity index (χ3v) is 16.3. The molecule has 1 aliphatic carbocycles. The van der Waals surface area contributed by atoms with Crippen molar-refractivity contribution in [2.24, 2.45) is 29.6 Å². The molecule has 75 heavy (non-hydrogen) atoms. The summed E-state index contributed by atoms with van der Waals surface area (Å²) in [6.45, 7) is 13.0. The van der Waals surface area contributed by atoms with Gasteiger partial charge in [0.25, 0.3) is 11.7 Å². The maximum Gasteiger partial charge on any atom is 0.329 e. The van der Waals surface area contributed by atoms with Gasteiger partial charge in [-0.05, 0) is 114 Å². The molecular weight excluding hydrogens is 959 g/mol. The van der Waals surface area contributed by atoms with E-state index in [0.29, 0.717) is 76.2 Å². The molecule has 3 fully saturated rings. The zero-order valence-electron chi connectivity index (χ0n) is 47.3. The van der Waals surface area contributed by atoms with Gasteiger partial charge in [0.05, 0.1) is 18.3 Å². The standard InChI is InChI=1S/C60H95NO14/c1-11-12-13-14-15-16-20-26-53(63)74-50-32-29-45(36-52(50)71-9)28-31-46-37-49(62)41(4)35-43(6)55(65)56(72-10)54(64)42(5)34-39(2)23-18-17-19-24-40(3)51(70-8)38-47-30-27-44(7)60(69,75-47)57(66)58(67)61-33-22-21-25-48(61)59(68)73-46/h17-19,23-24,35,39,41-42,44-48,50-52,55-56,65,69H,11-16,20-22,25-34,36-38H2,1-10H3/b19-17+,23-18+,40-24+,43-35+/t39-,41-,42-,44-,45-,46-,47+,48+,50-,51+,52-,55-,56+,60-/m1/s1. The normalized spacial score (nSPS) is 36.1. The zero-order chi connectivity index (χ0) is 55.2. The van der Waals surface area contributed by atoms with E-state index in [2.05, 4.69) is 6.92 Å². The van der Waals surface area contributed by atoms with Crippen LogP contribution in [0.15, 0.2) is 47.6 Å². The van der Waals surface area contributed by atoms with E-state index in [0.717, 1.165) is 31.3 Å². The summed E-state index contributed by atoms with van der Waals surface area (Å²) < 4.78 is 35.7. The van der Waals surface area contributed by atoms with Crippen LogP contribution in [0.25, 0.3) is 0 Å². The van der Waals surface area contributed by atoms with E-state index in [1.54, 1.807) is 41.1 Å². The van der Waals surface area contributed by atoms with Gasteiger partial charge in [0.1, 0.15) is 36.2 Å². The lowest BCUT2D eigenvalue weighted by atomic mass is 9.81. The third-order valence-electron chi connectivity index (χ3n) is 16.3. The fourth-order valence-electron chi connectivity index (χ4n) is 11.4. The molecule has 0 aromatic rings. The maximum atomic E-state index is 14.5. The van der Waals surface area contributed by atoms with Crippen molar-refractivity contribution in [2.45, 2.75) is 238 Å². The summed E-state index contributed by atoms with van der Waals surface area (Å²) in [5.41, 5.74) is 1.26. The molecule has 1 amide bonds. The number of fused-ring (bicyclic) bond motifs is 3. The minimum absolute atomic E-state index is 0.0119. The number of methoxy groups -OCH3 is 3. The number of ketones is 3. The number of ether oxygens (including phenoxy) is 6. The first-order chi connectivity index (χ1) is 35.8. The average Bonchev–Trinajstić information content (AvgIpc) is 3.39. The minimum Gasteiger partial charge on any atom is -0.460 e. The number of unbranched alkanes of at least 4 members (excludes halogenated alkanes) is 6. The van der Waals surface area contributed by atoms with E-state index in [9.17, 15) is 39.0 Å². The van der Waals surface area contributed by atoms with Gasteiger partial charge in [-0.3, -0.25) is 24.0 Å². The summed E-state index contributed by atoms with van der Waals surface area (Å²) in [5, 5.41) is 23.5. The number of hydrogen-bond donors (Lipinski definition) is 2. The Morgan fingerprint density at radius 2 is 1.51 bits per heavy atom. The number of aliphatic hydroxyl groups excluding tert-OH is 1. The van der Waals surface area contributed by atoms with Crippen molar-refractivity contribution in [3.05, 3.63) is 47.6 Å². The Balaban J connectivity index is 1.60. The van der Waals surface area contributed by atoms with E-state index in [4.69, 9.17) is 28.4 Å². The lowest BCUT2D eigenvalue weighted by Crippen LogP contribution is -2.60. The van der Waals surface area contributed by atoms with Gasteiger partial charge >= 0.3 is 11.9 Å². The fourth-order valence-corrected chi connectivity index (χ4v) is 11.4. The van der Waals surface area contributed by atoms with Gasteiger partial charge in [0.2, 0.25) is 5.79 Å². The number of Topliss-reactive ketones (excluding diaryl/α,β-unsaturated/α-hetero) is 3. The van der Waals surface area contributed by atoms with Crippen molar-refractivity contribution >= 4 is 35.2 Å². The minimum atomic E-state index is -2.44. The van der Waals surface area contributed by atoms with Crippen LogP contribution in [0.2, 0.25) is 0 Å². The predicted octanol–water partition coefficient (Wildman–Crippen LogP) is 9.63. The smallest absolute Gasteiger partial charge is 0.329 e. The third kappa shape index (κ3) is 19.2. The fraction of sp³-hybridized carbons (Fsp3) is 0.767. The first-order valence-corrected chi connectivity index (χ1v) is 28.5. The van der Waals surface area contributed by atoms with E-state index < -0.39 is 77.8 Å². The van der Waals surface area contributed by atoms with E-state index in [-0.39, 0.29) is 61.0 Å². The molecule has 0 radical (unpaired) electrons. The molecule has 2 N–H and O–H groups in total. The Morgan fingerprint density at radius 1 is 0.787 bits per heavy atom. The molecule has 0 aromatic carbocycles. The highest BCUT2D eigenvalue weighted by atomic mass is 16.6. The number of aliphatic hydroxyl groups is 2. The van der Waals surface area contributed by atoms with Crippen molar-refractivity contribution in [1.82, 2.24) is 4.90 Å². The summed E-state index contributed by atoms with van der Waals surface area (Å²) in [7, 11) is 4.57. The zero-order valence-corrected chi connectivity index (χ0v) is 47.3. The highest BCUT2D eigenvalue weighted by Crippen LogP contribution is 2.37. The van der Waals surface area contributed by atoms with Gasteiger partial charge in [0.15, 0.2) is 5.78 Å². The highest BCUT2D eigenvalue weighted by Gasteiger charge is 2.53. The Kier molecular flexibility index (Phi) is 27.3. The Hall–Kier alpha value is -3.86. The van der Waals surface area contributed by atoms with E-state index in [1.165, 1.54) is 37.7 Å². The number of rotatable bonds is 15. The van der Waals surface area contributed by atoms with Crippen LogP contribution in [0.5, 0.6) is 0 Å². The summed E-state index contributed by atoms with van der Waals surface area (Å²) >= 11 is 0. The van der Waals surface area contributed by atoms with E-state index >= 15 is 0 Å². The van der Waals surface area contributed by atoms with Gasteiger partial charge < -0.3 is 43.5 Å². The quantitative estimate of drug-likeness (QED) is 0.0679. The molecule has 4 rings (SSSR count). The lowest BCUT2D eigenvalue weighted by Gasteiger charge is -2.42. The first kappa shape index (κ1) is 63.7. The maximum absolute atomic E-state index is 14.5. The van der Waals surface area contributed by atoms with Gasteiger partial charge in [0, 0.05) is 64.9 Å². The molecule has 2 bridgehead atoms. The van der Waals surface area contributed by atoms with Gasteiger partial charge in [-0.1, -0.05) is 110 Å². The Morgan fingerprint density at radius 3 is 2.20 bits per heavy atom. The number of esters is 2. The van der Waals surface area contributed by atoms with Crippen molar-refractivity contribution in [3.8, 4) is 0 Å². The van der Waals surface area contributed by atoms with Gasteiger partial charge in [-0.25, -0.2) is 4.79 Å². The molecule has 3 heterocycles. The average molecular weight is 1050 g/mol. The van der Waals surface area contributed by atoms with Crippen LogP contribution in [-0.4, -0.2) is 133 Å². The molecule has 424 valence electrons. The predicted molar refractivity (Wildman–Crippen MR) is 287 cm³/mol. The topological polar surface area (TPSA) is 201 Å². The summed E-state index contributed by atoms with van der Waals surface area (Å²) in [4.78, 5) is 85.1. The van der Waals surface area contributed by atoms with Crippen LogP contribution >= 0.6 is 0 Å². The Bertz CT molecular complexity index is 1980. The van der Waals surface area contributed by atoms with Gasteiger partial charge in [-0.2, -0.15) is 0 Å². The lowest BCUT2D eigenvalue weighted by molar-refractivity contribution is -0.265. The molecule has 14 atom stereocenters. The van der Waals surface area contributed by atoms with Crippen LogP contribution in [0.1, 0.15) is 183 Å². The number of hydrogen-bond acceptors (Lipinski definition) is 14. The number of cyclic esters (lactones) is 1. The molecule has 0 unspecified atom stereocenters. The second-order valence-corrected chi connectivity index (χ2v) is 22.4. The van der Waals surface area contributed by atoms with Crippen LogP contribution in [0, 0.1) is 29.6 Å². The number of nitrogens with zero attached hydrogens (tertiary/aromatic N) is 1. The molecule has 15 nitrogen and oxygen atoms in total. The number of carbonyl (C=O) groups is 6. The van der Waals surface area contributed by atoms with Crippen molar-refractivity contribution in [1.29, 1.82) is 0 Å². The van der Waals surface area contributed by atoms with Crippen molar-refractivity contribution in [2.75, 3.05) is 27.9 Å². The van der Waals surface area contributed by atoms with Crippen LogP contribution in [0.3, 0.4) is 0 Å². The van der Waals surface area contributed by atoms with Crippen molar-refractivity contribution < 1.29 is 67.4 Å². The molecule has 15 heteroatoms. The number of allylic oxidation sites excluding steroid dienone is 6. The molecule has 2 saturated heterocycles. The van der Waals surface area contributed by atoms with Crippen LogP contribution in [-0.2, 0) is 57.2 Å². The summed E-state index contributed by atoms with van der Waals surface area (Å²) in [5.74, 6) is -7.92. The molecular formula is C60H95NO14. The van der Waals surface area contributed by atoms with Crippen LogP contribution in [0.4, 0.5) is 0 Å². The summed E-state index contributed by atoms with van der Waals surface area (Å²) in [6, 6.07) is -1.15. The highest BCUT2D eigenvalue weighted by molar-refractivity contribution is 6.39. The number of carbonyl (C=O) groups excluding carboxylic acids is 6. The SMILES string of the molecule is CCCCCCCCCC(=O)O[C@@H]1CC[C@@H](CC[C@@H]2CC(=O)[C@H](C)/C=C(\C)[C@@H](O)[C@@H](OC)C(=O)[C@H](C)C[C@H](C)/C=C/C=C/C=C(\C)[C@@H](OC)C[C@@H]3CC[C@@H](C)[C@@](O)(O3)C(=O)C(=O)N3CCCC[C@H]3C(=O)O2)C[C@H]1OC. The Labute approximate surface area is 448 Å². The second kappa shape index (κ2) is 32.1. The number of piperidine rings is 1. The van der Waals surface area contributed by atoms with Gasteiger partial charge in [-0.15, -0.1) is 0 Å².